The molecule has 1 aromatic carbocycles. The van der Waals surface area contributed by atoms with Crippen LogP contribution in [0.1, 0.15) is 5.56 Å². The van der Waals surface area contributed by atoms with Crippen molar-refractivity contribution >= 4 is 22.3 Å². The fourth-order valence-electron chi connectivity index (χ4n) is 2.59. The fourth-order valence-corrected chi connectivity index (χ4v) is 2.59. The molecule has 0 spiro atoms. The summed E-state index contributed by atoms with van der Waals surface area (Å²) in [5.41, 5.74) is 3.72. The van der Waals surface area contributed by atoms with E-state index in [-0.39, 0.29) is 5.88 Å². The number of aliphatic imine (C=N–C) groups is 1. The van der Waals surface area contributed by atoms with Crippen LogP contribution in [0.5, 0.6) is 5.88 Å². The molecule has 0 fully saturated rings. The summed E-state index contributed by atoms with van der Waals surface area (Å²) >= 11 is 0. The number of aryl methyl sites for hydroxylation is 1. The Kier molecular flexibility index (Phi) is 3.14. The van der Waals surface area contributed by atoms with E-state index in [1.54, 1.807) is 4.57 Å². The van der Waals surface area contributed by atoms with Gasteiger partial charge < -0.3 is 19.3 Å². The summed E-state index contributed by atoms with van der Waals surface area (Å²) in [4.78, 5) is 6.55. The van der Waals surface area contributed by atoms with Gasteiger partial charge in [-0.05, 0) is 18.2 Å². The molecule has 0 radical (unpaired) electrons. The van der Waals surface area contributed by atoms with E-state index >= 15 is 0 Å². The van der Waals surface area contributed by atoms with Gasteiger partial charge in [0.25, 0.3) is 0 Å². The number of aromatic hydroxyl groups is 1. The van der Waals surface area contributed by atoms with Gasteiger partial charge >= 0.3 is 0 Å². The van der Waals surface area contributed by atoms with Crippen molar-refractivity contribution in [1.29, 1.82) is 0 Å². The summed E-state index contributed by atoms with van der Waals surface area (Å²) in [5, 5.41) is 11.4. The number of anilines is 1. The van der Waals surface area contributed by atoms with Crippen LogP contribution in [0.2, 0.25) is 0 Å². The largest absolute Gasteiger partial charge is 0.494 e. The average Bonchev–Trinajstić information content (AvgIpc) is 2.71. The molecule has 5 nitrogen and oxygen atoms in total. The van der Waals surface area contributed by atoms with E-state index in [2.05, 4.69) is 11.1 Å². The number of hydrogen-bond donors (Lipinski definition) is 1. The lowest BCUT2D eigenvalue weighted by Crippen LogP contribution is -2.18. The van der Waals surface area contributed by atoms with E-state index in [0.717, 1.165) is 27.9 Å². The predicted molar refractivity (Wildman–Crippen MR) is 81.1 cm³/mol. The molecule has 5 heteroatoms. The molecule has 20 heavy (non-hydrogen) atoms. The molecule has 2 aromatic rings. The van der Waals surface area contributed by atoms with E-state index in [1.807, 2.05) is 38.2 Å². The van der Waals surface area contributed by atoms with Crippen LogP contribution >= 0.6 is 0 Å². The highest BCUT2D eigenvalue weighted by Crippen LogP contribution is 2.33. The highest BCUT2D eigenvalue weighted by molar-refractivity contribution is 6.14. The van der Waals surface area contributed by atoms with Crippen molar-refractivity contribution in [1.82, 2.24) is 4.57 Å². The molecule has 0 saturated heterocycles. The first kappa shape index (κ1) is 13.0. The van der Waals surface area contributed by atoms with Crippen LogP contribution in [-0.2, 0) is 11.8 Å². The van der Waals surface area contributed by atoms with E-state index in [4.69, 9.17) is 4.74 Å². The van der Waals surface area contributed by atoms with E-state index in [0.29, 0.717) is 19.8 Å². The van der Waals surface area contributed by atoms with Crippen molar-refractivity contribution < 1.29 is 9.84 Å². The molecule has 0 amide bonds. The zero-order valence-electron chi connectivity index (χ0n) is 12.1. The number of benzene rings is 1. The maximum absolute atomic E-state index is 10.4. The molecule has 0 unspecified atom stereocenters. The van der Waals surface area contributed by atoms with E-state index in [9.17, 15) is 5.11 Å². The molecule has 3 rings (SSSR count). The van der Waals surface area contributed by atoms with Gasteiger partial charge in [-0.2, -0.15) is 0 Å². The molecule has 1 aromatic heterocycles. The van der Waals surface area contributed by atoms with Gasteiger partial charge in [0.1, 0.15) is 0 Å². The first-order valence-corrected chi connectivity index (χ1v) is 6.69. The second-order valence-electron chi connectivity index (χ2n) is 5.23. The van der Waals surface area contributed by atoms with E-state index in [1.165, 1.54) is 0 Å². The van der Waals surface area contributed by atoms with Crippen LogP contribution in [0.4, 0.5) is 5.69 Å². The Labute approximate surface area is 118 Å². The molecule has 0 atom stereocenters. The number of nitrogens with zero attached hydrogens (tertiary/aromatic N) is 3. The minimum absolute atomic E-state index is 0.250. The second kappa shape index (κ2) is 4.83. The number of aromatic nitrogens is 1. The third-order valence-electron chi connectivity index (χ3n) is 3.73. The Balaban J connectivity index is 2.26. The topological polar surface area (TPSA) is 50.0 Å². The standard InChI is InChI=1S/C15H19N3O2/c1-17(2)10-4-5-13-11(8-10)14(15(19)18(13)3)12-9-20-7-6-16-12/h4-5,8,19H,6-7,9H2,1-3H3. The van der Waals surface area contributed by atoms with E-state index < -0.39 is 0 Å². The van der Waals surface area contributed by atoms with Gasteiger partial charge in [-0.25, -0.2) is 0 Å². The molecule has 0 aliphatic carbocycles. The Morgan fingerprint density at radius 1 is 1.35 bits per heavy atom. The van der Waals surface area contributed by atoms with Gasteiger partial charge in [0, 0.05) is 32.2 Å². The van der Waals surface area contributed by atoms with Gasteiger partial charge in [-0.1, -0.05) is 0 Å². The smallest absolute Gasteiger partial charge is 0.201 e. The molecule has 0 bridgehead atoms. The summed E-state index contributed by atoms with van der Waals surface area (Å²) in [7, 11) is 5.87. The van der Waals surface area contributed by atoms with Crippen LogP contribution in [0.3, 0.4) is 0 Å². The van der Waals surface area contributed by atoms with Crippen LogP contribution in [-0.4, -0.2) is 49.2 Å². The zero-order chi connectivity index (χ0) is 14.3. The fraction of sp³-hybridized carbons (Fsp3) is 0.400. The summed E-state index contributed by atoms with van der Waals surface area (Å²) in [6.45, 7) is 1.76. The van der Waals surface area contributed by atoms with Crippen molar-refractivity contribution in [2.75, 3.05) is 38.8 Å². The summed E-state index contributed by atoms with van der Waals surface area (Å²) in [6, 6.07) is 6.16. The van der Waals surface area contributed by atoms with Gasteiger partial charge in [-0.15, -0.1) is 0 Å². The normalized spacial score (nSPS) is 15.4. The Morgan fingerprint density at radius 3 is 2.80 bits per heavy atom. The Hall–Kier alpha value is -2.01. The first-order valence-electron chi connectivity index (χ1n) is 6.69. The summed E-state index contributed by atoms with van der Waals surface area (Å²) in [5.74, 6) is 0.250. The number of hydrogen-bond acceptors (Lipinski definition) is 4. The van der Waals surface area contributed by atoms with Gasteiger partial charge in [0.05, 0.1) is 36.6 Å². The van der Waals surface area contributed by atoms with Gasteiger partial charge in [0.15, 0.2) is 0 Å². The third kappa shape index (κ3) is 1.94. The Morgan fingerprint density at radius 2 is 2.15 bits per heavy atom. The maximum Gasteiger partial charge on any atom is 0.201 e. The second-order valence-corrected chi connectivity index (χ2v) is 5.23. The molecular formula is C15H19N3O2. The van der Waals surface area contributed by atoms with Gasteiger partial charge in [0.2, 0.25) is 5.88 Å². The lowest BCUT2D eigenvalue weighted by molar-refractivity contribution is 0.171. The van der Waals surface area contributed by atoms with Crippen LogP contribution < -0.4 is 4.90 Å². The molecule has 1 aliphatic heterocycles. The number of fused-ring (bicyclic) bond motifs is 1. The number of ether oxygens (including phenoxy) is 1. The van der Waals surface area contributed by atoms with Gasteiger partial charge in [-0.3, -0.25) is 4.99 Å². The predicted octanol–water partition coefficient (Wildman–Crippen LogP) is 1.77. The monoisotopic (exact) mass is 273 g/mol. The highest BCUT2D eigenvalue weighted by atomic mass is 16.5. The minimum Gasteiger partial charge on any atom is -0.494 e. The Bertz CT molecular complexity index is 686. The average molecular weight is 273 g/mol. The van der Waals surface area contributed by atoms with Crippen molar-refractivity contribution in [2.45, 2.75) is 0 Å². The quantitative estimate of drug-likeness (QED) is 0.907. The summed E-state index contributed by atoms with van der Waals surface area (Å²) < 4.78 is 7.26. The molecule has 2 heterocycles. The molecule has 0 saturated carbocycles. The lowest BCUT2D eigenvalue weighted by atomic mass is 10.1. The highest BCUT2D eigenvalue weighted by Gasteiger charge is 2.21. The SMILES string of the molecule is CN(C)c1ccc2c(c1)c(C1=NCCOC1)c(O)n2C. The van der Waals surface area contributed by atoms with Crippen LogP contribution in [0.25, 0.3) is 10.9 Å². The van der Waals surface area contributed by atoms with Crippen molar-refractivity contribution in [3.05, 3.63) is 23.8 Å². The van der Waals surface area contributed by atoms with Crippen LogP contribution in [0.15, 0.2) is 23.2 Å². The molecular weight excluding hydrogens is 254 g/mol. The zero-order valence-corrected chi connectivity index (χ0v) is 12.1. The lowest BCUT2D eigenvalue weighted by Gasteiger charge is -2.14. The maximum atomic E-state index is 10.4. The molecule has 106 valence electrons. The van der Waals surface area contributed by atoms with Crippen LogP contribution in [0, 0.1) is 0 Å². The first-order chi connectivity index (χ1) is 9.59. The third-order valence-corrected chi connectivity index (χ3v) is 3.73. The molecule has 1 aliphatic rings. The molecule has 1 N–H and O–H groups in total. The summed E-state index contributed by atoms with van der Waals surface area (Å²) in [6.07, 6.45) is 0. The minimum atomic E-state index is 0.250. The number of rotatable bonds is 2. The van der Waals surface area contributed by atoms with Crippen molar-refractivity contribution in [2.24, 2.45) is 12.0 Å². The van der Waals surface area contributed by atoms with Crippen molar-refractivity contribution in [3.8, 4) is 5.88 Å². The van der Waals surface area contributed by atoms with Crippen molar-refractivity contribution in [3.63, 3.8) is 0 Å².